The first-order valence-electron chi connectivity index (χ1n) is 5.85. The average molecular weight is 227 g/mol. The lowest BCUT2D eigenvalue weighted by Gasteiger charge is -1.99. The van der Waals surface area contributed by atoms with Crippen molar-refractivity contribution >= 4 is 6.08 Å². The van der Waals surface area contributed by atoms with Crippen molar-refractivity contribution in [2.75, 3.05) is 13.1 Å². The van der Waals surface area contributed by atoms with Gasteiger partial charge in [0.15, 0.2) is 0 Å². The van der Waals surface area contributed by atoms with Crippen LogP contribution < -0.4 is 5.32 Å². The maximum atomic E-state index is 3.98. The summed E-state index contributed by atoms with van der Waals surface area (Å²) in [5.74, 6) is 0. The molecule has 2 N–H and O–H groups in total. The van der Waals surface area contributed by atoms with E-state index in [2.05, 4.69) is 39.6 Å². The highest BCUT2D eigenvalue weighted by Crippen LogP contribution is 1.99. The maximum Gasteiger partial charge on any atom is 0.0921 e. The van der Waals surface area contributed by atoms with Gasteiger partial charge in [-0.3, -0.25) is 0 Å². The second-order valence-electron chi connectivity index (χ2n) is 3.84. The van der Waals surface area contributed by atoms with Crippen molar-refractivity contribution < 1.29 is 0 Å². The Morgan fingerprint density at radius 1 is 1.24 bits per heavy atom. The van der Waals surface area contributed by atoms with E-state index in [0.29, 0.717) is 0 Å². The van der Waals surface area contributed by atoms with Gasteiger partial charge in [0.05, 0.1) is 6.33 Å². The number of aromatic nitrogens is 2. The third-order valence-corrected chi connectivity index (χ3v) is 2.50. The molecule has 0 unspecified atom stereocenters. The summed E-state index contributed by atoms with van der Waals surface area (Å²) in [6, 6.07) is 10.3. The van der Waals surface area contributed by atoms with Crippen LogP contribution in [0.4, 0.5) is 0 Å². The minimum atomic E-state index is 0.892. The summed E-state index contributed by atoms with van der Waals surface area (Å²) in [4.78, 5) is 7.06. The molecular weight excluding hydrogens is 210 g/mol. The lowest BCUT2D eigenvalue weighted by atomic mass is 10.2. The SMILES string of the molecule is C(=C\c1ccccc1)/CNCCc1cnc[nH]1. The van der Waals surface area contributed by atoms with Crippen molar-refractivity contribution in [1.82, 2.24) is 15.3 Å². The van der Waals surface area contributed by atoms with Gasteiger partial charge in [-0.15, -0.1) is 0 Å². The molecule has 0 atom stereocenters. The predicted molar refractivity (Wildman–Crippen MR) is 70.6 cm³/mol. The Morgan fingerprint density at radius 2 is 2.12 bits per heavy atom. The summed E-state index contributed by atoms with van der Waals surface area (Å²) < 4.78 is 0. The molecule has 0 spiro atoms. The first kappa shape index (κ1) is 11.6. The zero-order chi connectivity index (χ0) is 11.8. The lowest BCUT2D eigenvalue weighted by Crippen LogP contribution is -2.17. The van der Waals surface area contributed by atoms with Crippen LogP contribution in [0.5, 0.6) is 0 Å². The molecule has 1 heterocycles. The van der Waals surface area contributed by atoms with Crippen molar-refractivity contribution in [1.29, 1.82) is 0 Å². The Bertz CT molecular complexity index is 432. The largest absolute Gasteiger partial charge is 0.348 e. The smallest absolute Gasteiger partial charge is 0.0921 e. The van der Waals surface area contributed by atoms with Gasteiger partial charge in [0.25, 0.3) is 0 Å². The van der Waals surface area contributed by atoms with Crippen LogP contribution in [0.3, 0.4) is 0 Å². The molecule has 2 rings (SSSR count). The van der Waals surface area contributed by atoms with Crippen molar-refractivity contribution in [3.8, 4) is 0 Å². The maximum absolute atomic E-state index is 3.98. The van der Waals surface area contributed by atoms with Crippen LogP contribution in [0, 0.1) is 0 Å². The van der Waals surface area contributed by atoms with Crippen LogP contribution in [-0.4, -0.2) is 23.1 Å². The minimum Gasteiger partial charge on any atom is -0.348 e. The van der Waals surface area contributed by atoms with Crippen LogP contribution in [0.1, 0.15) is 11.3 Å². The van der Waals surface area contributed by atoms with E-state index < -0.39 is 0 Å². The lowest BCUT2D eigenvalue weighted by molar-refractivity contribution is 0.737. The molecule has 0 aliphatic carbocycles. The quantitative estimate of drug-likeness (QED) is 0.743. The first-order valence-corrected chi connectivity index (χ1v) is 5.85. The molecule has 2 aromatic rings. The van der Waals surface area contributed by atoms with Crippen LogP contribution in [0.2, 0.25) is 0 Å². The fraction of sp³-hybridized carbons (Fsp3) is 0.214. The zero-order valence-corrected chi connectivity index (χ0v) is 9.76. The molecule has 3 nitrogen and oxygen atoms in total. The van der Waals surface area contributed by atoms with E-state index in [-0.39, 0.29) is 0 Å². The molecule has 0 aliphatic heterocycles. The molecule has 0 saturated heterocycles. The van der Waals surface area contributed by atoms with E-state index in [1.54, 1.807) is 6.33 Å². The van der Waals surface area contributed by atoms with Gasteiger partial charge >= 0.3 is 0 Å². The highest BCUT2D eigenvalue weighted by atomic mass is 14.9. The third kappa shape index (κ3) is 4.25. The summed E-state index contributed by atoms with van der Waals surface area (Å²) in [5.41, 5.74) is 2.41. The molecule has 1 aromatic heterocycles. The first-order chi connectivity index (χ1) is 8.45. The molecule has 1 aromatic carbocycles. The zero-order valence-electron chi connectivity index (χ0n) is 9.76. The second-order valence-corrected chi connectivity index (χ2v) is 3.84. The van der Waals surface area contributed by atoms with Crippen molar-refractivity contribution in [2.45, 2.75) is 6.42 Å². The van der Waals surface area contributed by atoms with Gasteiger partial charge in [0.2, 0.25) is 0 Å². The van der Waals surface area contributed by atoms with Gasteiger partial charge < -0.3 is 10.3 Å². The molecule has 0 radical (unpaired) electrons. The van der Waals surface area contributed by atoms with Gasteiger partial charge in [0.1, 0.15) is 0 Å². The van der Waals surface area contributed by atoms with E-state index in [0.717, 1.165) is 19.5 Å². The highest BCUT2D eigenvalue weighted by Gasteiger charge is 1.91. The Hall–Kier alpha value is -1.87. The van der Waals surface area contributed by atoms with E-state index in [9.17, 15) is 0 Å². The molecule has 17 heavy (non-hydrogen) atoms. The highest BCUT2D eigenvalue weighted by molar-refractivity contribution is 5.48. The molecule has 0 aliphatic rings. The molecular formula is C14H17N3. The summed E-state index contributed by atoms with van der Waals surface area (Å²) >= 11 is 0. The summed E-state index contributed by atoms with van der Waals surface area (Å²) in [5, 5.41) is 3.36. The summed E-state index contributed by atoms with van der Waals surface area (Å²) in [6.45, 7) is 1.85. The Morgan fingerprint density at radius 3 is 2.88 bits per heavy atom. The van der Waals surface area contributed by atoms with E-state index in [1.807, 2.05) is 24.4 Å². The summed E-state index contributed by atoms with van der Waals surface area (Å²) in [7, 11) is 0. The second kappa shape index (κ2) is 6.66. The fourth-order valence-electron chi connectivity index (χ4n) is 1.59. The number of nitrogens with one attached hydrogen (secondary N) is 2. The number of H-pyrrole nitrogens is 1. The van der Waals surface area contributed by atoms with E-state index in [1.165, 1.54) is 11.3 Å². The number of rotatable bonds is 6. The Kier molecular flexibility index (Phi) is 4.55. The van der Waals surface area contributed by atoms with Crippen molar-refractivity contribution in [3.63, 3.8) is 0 Å². The number of nitrogens with zero attached hydrogens (tertiary/aromatic N) is 1. The molecule has 88 valence electrons. The molecule has 3 heteroatoms. The van der Waals surface area contributed by atoms with E-state index >= 15 is 0 Å². The van der Waals surface area contributed by atoms with Gasteiger partial charge in [0, 0.05) is 31.4 Å². The fourth-order valence-corrected chi connectivity index (χ4v) is 1.59. The standard InChI is InChI=1S/C14H17N3/c1-2-5-13(6-3-1)7-4-9-15-10-8-14-11-16-12-17-14/h1-7,11-12,15H,8-10H2,(H,16,17)/b7-4+. The predicted octanol–water partition coefficient (Wildman–Crippen LogP) is 2.26. The Balaban J connectivity index is 1.62. The van der Waals surface area contributed by atoms with Gasteiger partial charge in [-0.2, -0.15) is 0 Å². The number of hydrogen-bond donors (Lipinski definition) is 2. The molecule has 0 saturated carbocycles. The topological polar surface area (TPSA) is 40.7 Å². The van der Waals surface area contributed by atoms with Crippen molar-refractivity contribution in [3.05, 3.63) is 60.2 Å². The van der Waals surface area contributed by atoms with Gasteiger partial charge in [-0.05, 0) is 5.56 Å². The van der Waals surface area contributed by atoms with Crippen LogP contribution in [-0.2, 0) is 6.42 Å². The van der Waals surface area contributed by atoms with Gasteiger partial charge in [-0.25, -0.2) is 4.98 Å². The van der Waals surface area contributed by atoms with Crippen LogP contribution >= 0.6 is 0 Å². The monoisotopic (exact) mass is 227 g/mol. The number of benzene rings is 1. The minimum absolute atomic E-state index is 0.892. The average Bonchev–Trinajstić information content (AvgIpc) is 2.88. The van der Waals surface area contributed by atoms with E-state index in [4.69, 9.17) is 0 Å². The molecule has 0 fully saturated rings. The van der Waals surface area contributed by atoms with Gasteiger partial charge in [-0.1, -0.05) is 42.5 Å². The number of aromatic amines is 1. The molecule has 0 amide bonds. The number of imidazole rings is 1. The number of hydrogen-bond acceptors (Lipinski definition) is 2. The third-order valence-electron chi connectivity index (χ3n) is 2.50. The summed E-state index contributed by atoms with van der Waals surface area (Å²) in [6.07, 6.45) is 8.83. The van der Waals surface area contributed by atoms with Crippen molar-refractivity contribution in [2.24, 2.45) is 0 Å². The molecule has 0 bridgehead atoms. The van der Waals surface area contributed by atoms with Crippen LogP contribution in [0.15, 0.2) is 48.9 Å². The normalized spacial score (nSPS) is 11.1. The Labute approximate surface area is 102 Å². The van der Waals surface area contributed by atoms with Crippen LogP contribution in [0.25, 0.3) is 6.08 Å².